The summed E-state index contributed by atoms with van der Waals surface area (Å²) in [6.07, 6.45) is 5.58. The summed E-state index contributed by atoms with van der Waals surface area (Å²) >= 11 is 0. The Kier molecular flexibility index (Phi) is 6.64. The van der Waals surface area contributed by atoms with Gasteiger partial charge in [0, 0.05) is 23.3 Å². The average molecular weight is 583 g/mol. The maximum atomic E-state index is 13.3. The maximum Gasteiger partial charge on any atom is 0.416 e. The van der Waals surface area contributed by atoms with Gasteiger partial charge in [-0.3, -0.25) is 9.48 Å². The predicted molar refractivity (Wildman–Crippen MR) is 158 cm³/mol. The molecule has 0 bridgehead atoms. The summed E-state index contributed by atoms with van der Waals surface area (Å²) in [5, 5.41) is 11.4. The smallest absolute Gasteiger partial charge is 0.346 e. The fourth-order valence-electron chi connectivity index (χ4n) is 5.38. The van der Waals surface area contributed by atoms with Gasteiger partial charge in [-0.1, -0.05) is 24.3 Å². The summed E-state index contributed by atoms with van der Waals surface area (Å²) < 4.78 is 41.6. The van der Waals surface area contributed by atoms with Crippen LogP contribution >= 0.6 is 0 Å². The third kappa shape index (κ3) is 5.82. The van der Waals surface area contributed by atoms with Crippen molar-refractivity contribution >= 4 is 28.4 Å². The molecule has 7 rings (SSSR count). The van der Waals surface area contributed by atoms with Gasteiger partial charge in [-0.15, -0.1) is 0 Å². The van der Waals surface area contributed by atoms with Gasteiger partial charge in [0.2, 0.25) is 5.95 Å². The number of carbonyl (C=O) groups excluding carboxylic acids is 1. The van der Waals surface area contributed by atoms with Crippen molar-refractivity contribution in [2.24, 2.45) is 0 Å². The summed E-state index contributed by atoms with van der Waals surface area (Å²) in [5.74, 6) is 0.576. The minimum atomic E-state index is -4.45. The maximum absolute atomic E-state index is 13.3. The van der Waals surface area contributed by atoms with E-state index in [1.165, 1.54) is 11.6 Å². The van der Waals surface area contributed by atoms with Gasteiger partial charge < -0.3 is 10.6 Å². The lowest BCUT2D eigenvalue weighted by molar-refractivity contribution is -0.137. The zero-order chi connectivity index (χ0) is 29.7. The number of aromatic nitrogens is 4. The Hall–Kier alpha value is -4.73. The van der Waals surface area contributed by atoms with Gasteiger partial charge in [0.15, 0.2) is 0 Å². The number of fused-ring (bicyclic) bond motifs is 1. The first kappa shape index (κ1) is 27.1. The van der Waals surface area contributed by atoms with Crippen LogP contribution in [0.4, 0.5) is 24.8 Å². The lowest BCUT2D eigenvalue weighted by atomic mass is 9.93. The molecular weight excluding hydrogens is 553 g/mol. The van der Waals surface area contributed by atoms with E-state index in [-0.39, 0.29) is 5.91 Å². The van der Waals surface area contributed by atoms with Crippen molar-refractivity contribution in [3.05, 3.63) is 102 Å². The van der Waals surface area contributed by atoms with Crippen LogP contribution in [0, 0.1) is 0 Å². The number of halogens is 3. The summed E-state index contributed by atoms with van der Waals surface area (Å²) in [4.78, 5) is 22.5. The van der Waals surface area contributed by atoms with E-state index in [2.05, 4.69) is 25.7 Å². The Morgan fingerprint density at radius 3 is 2.60 bits per heavy atom. The second-order valence-corrected chi connectivity index (χ2v) is 11.4. The monoisotopic (exact) mass is 582 g/mol. The topological polar surface area (TPSA) is 84.7 Å². The van der Waals surface area contributed by atoms with Crippen LogP contribution in [-0.2, 0) is 6.18 Å². The zero-order valence-electron chi connectivity index (χ0n) is 23.4. The number of rotatable bonds is 8. The molecule has 2 heterocycles. The van der Waals surface area contributed by atoms with Crippen LogP contribution in [0.3, 0.4) is 0 Å². The first-order valence-electron chi connectivity index (χ1n) is 14.4. The fraction of sp³-hybridized carbons (Fsp3) is 0.273. The fourth-order valence-corrected chi connectivity index (χ4v) is 5.38. The molecule has 0 spiro atoms. The van der Waals surface area contributed by atoms with Crippen molar-refractivity contribution < 1.29 is 18.0 Å². The lowest BCUT2D eigenvalue weighted by Crippen LogP contribution is -2.27. The van der Waals surface area contributed by atoms with Gasteiger partial charge in [-0.2, -0.15) is 18.3 Å². The first-order valence-corrected chi connectivity index (χ1v) is 14.4. The number of nitrogens with zero attached hydrogens (tertiary/aromatic N) is 4. The molecule has 2 aliphatic carbocycles. The van der Waals surface area contributed by atoms with Crippen LogP contribution in [0.25, 0.3) is 22.0 Å². The van der Waals surface area contributed by atoms with Crippen molar-refractivity contribution in [2.45, 2.75) is 56.8 Å². The Bertz CT molecular complexity index is 1840. The van der Waals surface area contributed by atoms with Crippen molar-refractivity contribution in [3.63, 3.8) is 0 Å². The highest BCUT2D eigenvalue weighted by atomic mass is 19.4. The highest BCUT2D eigenvalue weighted by molar-refractivity contribution is 5.96. The van der Waals surface area contributed by atoms with Crippen molar-refractivity contribution in [3.8, 4) is 11.1 Å². The van der Waals surface area contributed by atoms with Gasteiger partial charge in [0.1, 0.15) is 0 Å². The lowest BCUT2D eigenvalue weighted by Gasteiger charge is -2.17. The molecule has 7 nitrogen and oxygen atoms in total. The Morgan fingerprint density at radius 2 is 1.84 bits per heavy atom. The molecule has 218 valence electrons. The molecular formula is C33H29F3N6O. The molecule has 2 saturated carbocycles. The quantitative estimate of drug-likeness (QED) is 0.194. The summed E-state index contributed by atoms with van der Waals surface area (Å²) in [6.45, 7) is 1.68. The minimum Gasteiger partial charge on any atom is -0.346 e. The second-order valence-electron chi connectivity index (χ2n) is 11.4. The molecule has 1 atom stereocenters. The van der Waals surface area contributed by atoms with E-state index < -0.39 is 17.8 Å². The third-order valence-corrected chi connectivity index (χ3v) is 8.06. The van der Waals surface area contributed by atoms with E-state index in [4.69, 9.17) is 0 Å². The van der Waals surface area contributed by atoms with Gasteiger partial charge in [-0.25, -0.2) is 9.97 Å². The summed E-state index contributed by atoms with van der Waals surface area (Å²) in [5.41, 5.74) is 4.80. The predicted octanol–water partition coefficient (Wildman–Crippen LogP) is 7.96. The highest BCUT2D eigenvalue weighted by Gasteiger charge is 2.31. The molecule has 0 saturated heterocycles. The summed E-state index contributed by atoms with van der Waals surface area (Å²) in [6, 6.07) is 16.6. The third-order valence-electron chi connectivity index (χ3n) is 8.06. The molecule has 2 aliphatic rings. The normalized spacial score (nSPS) is 15.8. The van der Waals surface area contributed by atoms with Crippen LogP contribution < -0.4 is 10.6 Å². The highest BCUT2D eigenvalue weighted by Crippen LogP contribution is 2.45. The van der Waals surface area contributed by atoms with Crippen LogP contribution in [0.5, 0.6) is 0 Å². The molecule has 43 heavy (non-hydrogen) atoms. The van der Waals surface area contributed by atoms with Crippen molar-refractivity contribution in [1.82, 2.24) is 25.1 Å². The van der Waals surface area contributed by atoms with E-state index in [9.17, 15) is 18.0 Å². The van der Waals surface area contributed by atoms with E-state index >= 15 is 0 Å². The first-order chi connectivity index (χ1) is 20.7. The molecule has 3 aromatic carbocycles. The van der Waals surface area contributed by atoms with Crippen LogP contribution in [-0.4, -0.2) is 25.7 Å². The van der Waals surface area contributed by atoms with Crippen LogP contribution in [0.1, 0.15) is 77.7 Å². The van der Waals surface area contributed by atoms with Gasteiger partial charge >= 0.3 is 6.18 Å². The van der Waals surface area contributed by atoms with Crippen molar-refractivity contribution in [2.75, 3.05) is 5.32 Å². The molecule has 0 unspecified atom stereocenters. The van der Waals surface area contributed by atoms with Crippen LogP contribution in [0.15, 0.2) is 79.3 Å². The van der Waals surface area contributed by atoms with E-state index in [1.807, 2.05) is 41.2 Å². The number of nitrogens with one attached hydrogen (secondary N) is 2. The number of carbonyl (C=O) groups is 1. The molecule has 10 heteroatoms. The van der Waals surface area contributed by atoms with Gasteiger partial charge in [0.05, 0.1) is 35.0 Å². The number of hydrogen-bond donors (Lipinski definition) is 2. The van der Waals surface area contributed by atoms with Gasteiger partial charge in [-0.05, 0) is 97.2 Å². The van der Waals surface area contributed by atoms with E-state index in [0.29, 0.717) is 29.0 Å². The van der Waals surface area contributed by atoms with E-state index in [0.717, 1.165) is 65.5 Å². The molecule has 2 aromatic heterocycles. The van der Waals surface area contributed by atoms with Crippen molar-refractivity contribution in [1.29, 1.82) is 0 Å². The van der Waals surface area contributed by atoms with Crippen LogP contribution in [0.2, 0.25) is 0 Å². The minimum absolute atomic E-state index is 0.349. The number of amides is 1. The Balaban J connectivity index is 1.13. The molecule has 0 aliphatic heterocycles. The average Bonchev–Trinajstić information content (AvgIpc) is 3.95. The second kappa shape index (κ2) is 10.5. The molecule has 5 aromatic rings. The summed E-state index contributed by atoms with van der Waals surface area (Å²) in [7, 11) is 0. The number of anilines is 2. The Labute approximate surface area is 246 Å². The Morgan fingerprint density at radius 1 is 1.00 bits per heavy atom. The molecule has 0 radical (unpaired) electrons. The standard InChI is InChI=1S/C33H29F3N6O/c1-19(21-3-2-4-25(14-21)33(34,35)36)39-31(43)23-7-11-28(20-5-6-20)29(15-23)22-8-12-30-24(13-22)16-37-32(41-30)40-26-17-38-42(18-26)27-9-10-27/h2-4,7-8,11-20,27H,5-6,9-10H2,1H3,(H,39,43)(H,37,40,41)/t19-/m1/s1. The largest absolute Gasteiger partial charge is 0.416 e. The molecule has 1 amide bonds. The number of alkyl halides is 3. The zero-order valence-corrected chi connectivity index (χ0v) is 23.4. The number of benzene rings is 3. The SMILES string of the molecule is C[C@@H](NC(=O)c1ccc(C2CC2)c(-c2ccc3nc(Nc4cnn(C5CC5)c4)ncc3c2)c1)c1cccc(C(F)(F)F)c1. The number of hydrogen-bond acceptors (Lipinski definition) is 5. The van der Waals surface area contributed by atoms with Gasteiger partial charge in [0.25, 0.3) is 5.91 Å². The van der Waals surface area contributed by atoms with E-state index in [1.54, 1.807) is 31.5 Å². The molecule has 2 fully saturated rings. The molecule has 2 N–H and O–H groups in total.